The average Bonchev–Trinajstić information content (AvgIpc) is 3.70. The molecule has 4 fully saturated rings. The van der Waals surface area contributed by atoms with E-state index in [2.05, 4.69) is 33.8 Å². The molecule has 0 radical (unpaired) electrons. The molecule has 0 saturated heterocycles. The fourth-order valence-electron chi connectivity index (χ4n) is 8.14. The van der Waals surface area contributed by atoms with Gasteiger partial charge in [0.15, 0.2) is 0 Å². The van der Waals surface area contributed by atoms with Gasteiger partial charge in [-0.1, -0.05) is 6.92 Å². The maximum Gasteiger partial charge on any atom is 0.223 e. The van der Waals surface area contributed by atoms with E-state index in [-0.39, 0.29) is 24.0 Å². The molecule has 0 aliphatic heterocycles. The minimum atomic E-state index is -0.676. The highest BCUT2D eigenvalue weighted by molar-refractivity contribution is 5.78. The van der Waals surface area contributed by atoms with Crippen molar-refractivity contribution in [2.75, 3.05) is 20.8 Å². The first-order valence-corrected chi connectivity index (χ1v) is 15.6. The second kappa shape index (κ2) is 12.9. The van der Waals surface area contributed by atoms with E-state index in [1.165, 1.54) is 12.8 Å². The largest absolute Gasteiger partial charge is 0.381 e. The fourth-order valence-corrected chi connectivity index (χ4v) is 8.14. The van der Waals surface area contributed by atoms with Crippen molar-refractivity contribution in [3.63, 3.8) is 0 Å². The second-order valence-corrected chi connectivity index (χ2v) is 13.5. The highest BCUT2D eigenvalue weighted by Gasteiger charge is 2.40. The number of ether oxygens (including phenoxy) is 2. The number of aromatic nitrogens is 2. The Morgan fingerprint density at radius 3 is 2.18 bits per heavy atom. The third-order valence-corrected chi connectivity index (χ3v) is 10.5. The second-order valence-electron chi connectivity index (χ2n) is 13.5. The van der Waals surface area contributed by atoms with Crippen molar-refractivity contribution in [2.24, 2.45) is 41.4 Å². The Balaban J connectivity index is 1.25. The fraction of sp³-hybridized carbons (Fsp3) is 0.871. The number of nitrogens with one attached hydrogen (secondary N) is 2. The summed E-state index contributed by atoms with van der Waals surface area (Å²) >= 11 is 0. The zero-order valence-corrected chi connectivity index (χ0v) is 24.3. The number of hydrogen-bond acceptors (Lipinski definition) is 4. The quantitative estimate of drug-likeness (QED) is 0.437. The van der Waals surface area contributed by atoms with Crippen LogP contribution in [-0.2, 0) is 27.4 Å². The van der Waals surface area contributed by atoms with E-state index < -0.39 is 6.17 Å². The third kappa shape index (κ3) is 7.35. The lowest BCUT2D eigenvalue weighted by atomic mass is 9.63. The van der Waals surface area contributed by atoms with Crippen LogP contribution in [0.25, 0.3) is 0 Å². The minimum absolute atomic E-state index is 0.0209. The summed E-state index contributed by atoms with van der Waals surface area (Å²) in [5.74, 6) is 2.89. The Morgan fingerprint density at radius 2 is 1.56 bits per heavy atom. The monoisotopic (exact) mass is 546 g/mol. The summed E-state index contributed by atoms with van der Waals surface area (Å²) in [7, 11) is 3.52. The number of carbonyl (C=O) groups excluding carboxylic acids is 1. The highest BCUT2D eigenvalue weighted by Crippen LogP contribution is 2.45. The van der Waals surface area contributed by atoms with Gasteiger partial charge in [0.05, 0.1) is 12.2 Å². The van der Waals surface area contributed by atoms with Crippen LogP contribution < -0.4 is 10.9 Å². The van der Waals surface area contributed by atoms with Crippen LogP contribution in [0.1, 0.15) is 77.6 Å². The number of carbonyl (C=O) groups is 1. The molecule has 1 heterocycles. The molecule has 1 aromatic rings. The lowest BCUT2D eigenvalue weighted by molar-refractivity contribution is -0.128. The summed E-state index contributed by atoms with van der Waals surface area (Å²) in [4.78, 5) is 13.6. The maximum atomic E-state index is 14.2. The minimum Gasteiger partial charge on any atom is -0.381 e. The summed E-state index contributed by atoms with van der Waals surface area (Å²) in [6.07, 6.45) is 14.3. The van der Waals surface area contributed by atoms with E-state index in [1.807, 2.05) is 0 Å². The topological polar surface area (TPSA) is 81.3 Å². The molecule has 8 heteroatoms. The van der Waals surface area contributed by atoms with Crippen LogP contribution in [0.2, 0.25) is 0 Å². The van der Waals surface area contributed by atoms with E-state index in [0.717, 1.165) is 64.0 Å². The number of hydrogen-bond donors (Lipinski definition) is 2. The van der Waals surface area contributed by atoms with Gasteiger partial charge in [0.25, 0.3) is 0 Å². The van der Waals surface area contributed by atoms with Gasteiger partial charge < -0.3 is 23.9 Å². The van der Waals surface area contributed by atoms with E-state index in [0.29, 0.717) is 54.6 Å². The van der Waals surface area contributed by atoms with Crippen LogP contribution in [0.4, 0.5) is 4.39 Å². The molecular formula is C31H51FN4O3. The summed E-state index contributed by atoms with van der Waals surface area (Å²) in [5, 5.41) is 12.1. The van der Waals surface area contributed by atoms with Gasteiger partial charge >= 0.3 is 0 Å². The van der Waals surface area contributed by atoms with Crippen molar-refractivity contribution in [3.8, 4) is 0 Å². The molecule has 0 aromatic carbocycles. The zero-order valence-electron chi connectivity index (χ0n) is 24.3. The molecule has 8 unspecified atom stereocenters. The van der Waals surface area contributed by atoms with Crippen molar-refractivity contribution in [1.29, 1.82) is 5.41 Å². The number of nitrogens with zero attached hydrogens (tertiary/aromatic N) is 2. The van der Waals surface area contributed by atoms with Gasteiger partial charge in [-0.2, -0.15) is 0 Å². The van der Waals surface area contributed by atoms with E-state index in [1.54, 1.807) is 14.2 Å². The number of amides is 1. The molecule has 4 saturated carbocycles. The number of imidazole rings is 1. The predicted molar refractivity (Wildman–Crippen MR) is 149 cm³/mol. The Bertz CT molecular complexity index is 994. The SMILES string of the molecule is COC1CC(CNC(=O)C2CC(Cn3ccn(CC4CC4)c3=N)CC(C3CCC(F)CC3C)C2)CC(OC)C1. The van der Waals surface area contributed by atoms with Crippen LogP contribution in [-0.4, -0.2) is 54.2 Å². The average molecular weight is 547 g/mol. The molecule has 39 heavy (non-hydrogen) atoms. The van der Waals surface area contributed by atoms with Crippen LogP contribution >= 0.6 is 0 Å². The van der Waals surface area contributed by atoms with Crippen LogP contribution in [0.15, 0.2) is 12.4 Å². The van der Waals surface area contributed by atoms with Gasteiger partial charge in [0, 0.05) is 52.2 Å². The first kappa shape index (κ1) is 28.8. The van der Waals surface area contributed by atoms with Gasteiger partial charge in [-0.25, -0.2) is 4.39 Å². The molecule has 8 atom stereocenters. The van der Waals surface area contributed by atoms with Crippen molar-refractivity contribution in [2.45, 2.75) is 109 Å². The summed E-state index contributed by atoms with van der Waals surface area (Å²) in [5.41, 5.74) is 0.578. The van der Waals surface area contributed by atoms with Crippen LogP contribution in [0.3, 0.4) is 0 Å². The Morgan fingerprint density at radius 1 is 0.897 bits per heavy atom. The first-order chi connectivity index (χ1) is 18.8. The number of halogens is 1. The zero-order chi connectivity index (χ0) is 27.5. The van der Waals surface area contributed by atoms with Gasteiger partial charge in [-0.3, -0.25) is 10.2 Å². The third-order valence-electron chi connectivity index (χ3n) is 10.5. The Labute approximate surface area is 233 Å². The number of rotatable bonds is 10. The molecule has 220 valence electrons. The summed E-state index contributed by atoms with van der Waals surface area (Å²) < 4.78 is 29.6. The van der Waals surface area contributed by atoms with Crippen molar-refractivity contribution >= 4 is 5.91 Å². The Kier molecular flexibility index (Phi) is 9.53. The maximum absolute atomic E-state index is 14.2. The molecule has 5 rings (SSSR count). The van der Waals surface area contributed by atoms with Crippen molar-refractivity contribution < 1.29 is 18.7 Å². The highest BCUT2D eigenvalue weighted by atomic mass is 19.1. The van der Waals surface area contributed by atoms with Crippen molar-refractivity contribution in [3.05, 3.63) is 18.0 Å². The van der Waals surface area contributed by atoms with E-state index in [4.69, 9.17) is 14.9 Å². The Hall–Kier alpha value is -1.67. The molecule has 1 amide bonds. The molecule has 0 bridgehead atoms. The molecule has 7 nitrogen and oxygen atoms in total. The standard InChI is InChI=1S/C31H51FN4O3/c1-20-10-26(32)6-7-29(20)24-11-23(19-36-9-8-35(31(36)33)18-21-4-5-21)12-25(15-24)30(37)34-17-22-13-27(38-2)16-28(14-22)39-3/h8-9,20-29,33H,4-7,10-19H2,1-3H3,(H,34,37). The van der Waals surface area contributed by atoms with Gasteiger partial charge in [0.1, 0.15) is 6.17 Å². The summed E-state index contributed by atoms with van der Waals surface area (Å²) in [6, 6.07) is 0. The molecule has 0 spiro atoms. The normalized spacial score (nSPS) is 37.5. The van der Waals surface area contributed by atoms with Gasteiger partial charge in [-0.05, 0) is 106 Å². The smallest absolute Gasteiger partial charge is 0.223 e. The van der Waals surface area contributed by atoms with Crippen LogP contribution in [0, 0.1) is 46.8 Å². The summed E-state index contributed by atoms with van der Waals surface area (Å²) in [6.45, 7) is 4.62. The molecule has 4 aliphatic rings. The predicted octanol–water partition coefficient (Wildman–Crippen LogP) is 4.93. The van der Waals surface area contributed by atoms with Gasteiger partial charge in [-0.15, -0.1) is 0 Å². The molecule has 4 aliphatic carbocycles. The lowest BCUT2D eigenvalue weighted by Crippen LogP contribution is -2.44. The molecule has 2 N–H and O–H groups in total. The number of alkyl halides is 1. The van der Waals surface area contributed by atoms with Gasteiger partial charge in [0.2, 0.25) is 11.5 Å². The van der Waals surface area contributed by atoms with Crippen LogP contribution in [0.5, 0.6) is 0 Å². The first-order valence-electron chi connectivity index (χ1n) is 15.6. The molecular weight excluding hydrogens is 495 g/mol. The molecule has 1 aromatic heterocycles. The van der Waals surface area contributed by atoms with Crippen molar-refractivity contribution in [1.82, 2.24) is 14.5 Å². The van der Waals surface area contributed by atoms with E-state index >= 15 is 0 Å². The van der Waals surface area contributed by atoms with E-state index in [9.17, 15) is 9.18 Å². The lowest BCUT2D eigenvalue weighted by Gasteiger charge is -2.43. The number of methoxy groups -OCH3 is 2.